The van der Waals surface area contributed by atoms with Gasteiger partial charge in [0.05, 0.1) is 12.3 Å². The summed E-state index contributed by atoms with van der Waals surface area (Å²) in [4.78, 5) is 36.5. The molecule has 2 amide bonds. The highest BCUT2D eigenvalue weighted by Crippen LogP contribution is 2.30. The van der Waals surface area contributed by atoms with Crippen LogP contribution in [0.1, 0.15) is 73.0 Å². The Labute approximate surface area is 273 Å². The van der Waals surface area contributed by atoms with Crippen LogP contribution < -0.4 is 9.64 Å². The fourth-order valence-corrected chi connectivity index (χ4v) is 6.60. The highest BCUT2D eigenvalue weighted by Gasteiger charge is 2.25. The molecular weight excluding hydrogens is 584 g/mol. The van der Waals surface area contributed by atoms with Gasteiger partial charge >= 0.3 is 0 Å². The van der Waals surface area contributed by atoms with Crippen LogP contribution in [-0.4, -0.2) is 72.4 Å². The molecule has 0 unspecified atom stereocenters. The fraction of sp³-hybridized carbons (Fsp3) is 0.459. The lowest BCUT2D eigenvalue weighted by atomic mass is 10.1. The first-order valence-electron chi connectivity index (χ1n) is 16.6. The molecule has 0 aliphatic carbocycles. The van der Waals surface area contributed by atoms with Crippen molar-refractivity contribution in [3.05, 3.63) is 94.0 Å². The van der Waals surface area contributed by atoms with Gasteiger partial charge in [0.1, 0.15) is 5.75 Å². The summed E-state index contributed by atoms with van der Waals surface area (Å²) >= 11 is 6.52. The largest absolute Gasteiger partial charge is 0.494 e. The summed E-state index contributed by atoms with van der Waals surface area (Å²) in [5.41, 5.74) is 4.68. The van der Waals surface area contributed by atoms with E-state index in [1.165, 1.54) is 18.4 Å². The summed E-state index contributed by atoms with van der Waals surface area (Å²) in [6, 6.07) is 22.0. The fourth-order valence-electron chi connectivity index (χ4n) is 6.43. The van der Waals surface area contributed by atoms with Gasteiger partial charge in [-0.3, -0.25) is 19.4 Å². The van der Waals surface area contributed by atoms with Gasteiger partial charge < -0.3 is 14.5 Å². The van der Waals surface area contributed by atoms with Crippen molar-refractivity contribution in [3.8, 4) is 5.75 Å². The van der Waals surface area contributed by atoms with Crippen LogP contribution in [0.5, 0.6) is 5.75 Å². The van der Waals surface area contributed by atoms with Gasteiger partial charge in [-0.05, 0) is 87.2 Å². The van der Waals surface area contributed by atoms with Crippen molar-refractivity contribution in [2.45, 2.75) is 65.6 Å². The molecule has 0 radical (unpaired) electrons. The number of amides is 2. The maximum Gasteiger partial charge on any atom is 0.254 e. The van der Waals surface area contributed by atoms with E-state index in [-0.39, 0.29) is 11.8 Å². The van der Waals surface area contributed by atoms with Crippen molar-refractivity contribution in [3.63, 3.8) is 0 Å². The second-order valence-corrected chi connectivity index (χ2v) is 12.6. The Morgan fingerprint density at radius 2 is 1.56 bits per heavy atom. The van der Waals surface area contributed by atoms with E-state index in [0.29, 0.717) is 43.2 Å². The minimum absolute atomic E-state index is 0.0213. The quantitative estimate of drug-likeness (QED) is 0.254. The number of hydrogen-bond donors (Lipinski definition) is 0. The van der Waals surface area contributed by atoms with Crippen LogP contribution in [0.3, 0.4) is 0 Å². The number of likely N-dealkylation sites (tertiary alicyclic amines) is 1. The average molecular weight is 631 g/mol. The number of benzene rings is 3. The summed E-state index contributed by atoms with van der Waals surface area (Å²) in [6.45, 7) is 11.4. The average Bonchev–Trinajstić information content (AvgIpc) is 3.55. The number of anilines is 1. The lowest BCUT2D eigenvalue weighted by Gasteiger charge is -2.29. The summed E-state index contributed by atoms with van der Waals surface area (Å²) in [7, 11) is 0. The highest BCUT2D eigenvalue weighted by atomic mass is 35.5. The van der Waals surface area contributed by atoms with Crippen molar-refractivity contribution >= 4 is 29.1 Å². The van der Waals surface area contributed by atoms with Crippen molar-refractivity contribution in [2.24, 2.45) is 0 Å². The Hall–Kier alpha value is -3.39. The summed E-state index contributed by atoms with van der Waals surface area (Å²) in [5, 5.41) is 0.583. The molecule has 0 N–H and O–H groups in total. The Bertz CT molecular complexity index is 1430. The lowest BCUT2D eigenvalue weighted by molar-refractivity contribution is -0.118. The first-order chi connectivity index (χ1) is 21.9. The Balaban J connectivity index is 1.49. The van der Waals surface area contributed by atoms with E-state index in [1.54, 1.807) is 0 Å². The topological polar surface area (TPSA) is 56.3 Å². The molecule has 0 aromatic heterocycles. The molecule has 0 spiro atoms. The minimum atomic E-state index is -0.0213. The first kappa shape index (κ1) is 33.0. The summed E-state index contributed by atoms with van der Waals surface area (Å²) in [5.74, 6) is 0.912. The van der Waals surface area contributed by atoms with Gasteiger partial charge in [0.15, 0.2) is 0 Å². The zero-order chi connectivity index (χ0) is 31.6. The first-order valence-corrected chi connectivity index (χ1v) is 17.0. The third kappa shape index (κ3) is 8.87. The van der Waals surface area contributed by atoms with Gasteiger partial charge in [0.2, 0.25) is 5.91 Å². The number of fused-ring (bicyclic) bond motifs is 1. The lowest BCUT2D eigenvalue weighted by Crippen LogP contribution is -2.38. The third-order valence-corrected chi connectivity index (χ3v) is 8.98. The van der Waals surface area contributed by atoms with Crippen LogP contribution in [0.4, 0.5) is 5.69 Å². The van der Waals surface area contributed by atoms with Crippen LogP contribution >= 0.6 is 11.6 Å². The Morgan fingerprint density at radius 3 is 2.31 bits per heavy atom. The molecule has 3 aromatic carbocycles. The van der Waals surface area contributed by atoms with Crippen LogP contribution in [0.25, 0.3) is 0 Å². The molecule has 3 aromatic rings. The summed E-state index contributed by atoms with van der Waals surface area (Å²) < 4.78 is 5.98. The molecule has 2 aliphatic rings. The highest BCUT2D eigenvalue weighted by molar-refractivity contribution is 6.31. The Kier molecular flexibility index (Phi) is 11.9. The summed E-state index contributed by atoms with van der Waals surface area (Å²) in [6.07, 6.45) is 4.47. The van der Waals surface area contributed by atoms with Crippen molar-refractivity contribution in [1.82, 2.24) is 14.7 Å². The number of rotatable bonds is 9. The molecule has 2 heterocycles. The van der Waals surface area contributed by atoms with Crippen molar-refractivity contribution in [1.29, 1.82) is 0 Å². The second kappa shape index (κ2) is 16.3. The smallest absolute Gasteiger partial charge is 0.254 e. The molecule has 0 atom stereocenters. The van der Waals surface area contributed by atoms with E-state index in [2.05, 4.69) is 34.1 Å². The monoisotopic (exact) mass is 630 g/mol. The van der Waals surface area contributed by atoms with E-state index < -0.39 is 0 Å². The predicted molar refractivity (Wildman–Crippen MR) is 182 cm³/mol. The number of ether oxygens (including phenoxy) is 1. The molecule has 45 heavy (non-hydrogen) atoms. The molecule has 0 saturated carbocycles. The molecule has 7 nitrogen and oxygen atoms in total. The van der Waals surface area contributed by atoms with Gasteiger partial charge in [-0.25, -0.2) is 0 Å². The van der Waals surface area contributed by atoms with E-state index in [1.807, 2.05) is 66.1 Å². The van der Waals surface area contributed by atoms with Crippen LogP contribution in [0.2, 0.25) is 5.02 Å². The van der Waals surface area contributed by atoms with E-state index in [4.69, 9.17) is 16.3 Å². The van der Waals surface area contributed by atoms with Crippen molar-refractivity contribution in [2.75, 3.05) is 50.8 Å². The van der Waals surface area contributed by atoms with Crippen LogP contribution in [0.15, 0.2) is 66.7 Å². The van der Waals surface area contributed by atoms with Crippen molar-refractivity contribution < 1.29 is 14.3 Å². The molecule has 1 fully saturated rings. The number of carbonyl (C=O) groups is 2. The second-order valence-electron chi connectivity index (χ2n) is 12.1. The Morgan fingerprint density at radius 1 is 0.800 bits per heavy atom. The zero-order valence-electron chi connectivity index (χ0n) is 26.8. The van der Waals surface area contributed by atoms with Gasteiger partial charge in [-0.1, -0.05) is 54.9 Å². The van der Waals surface area contributed by atoms with E-state index in [0.717, 1.165) is 74.7 Å². The maximum atomic E-state index is 14.4. The molecule has 1 saturated heterocycles. The van der Waals surface area contributed by atoms with Crippen LogP contribution in [0, 0.1) is 0 Å². The predicted octanol–water partition coefficient (Wildman–Crippen LogP) is 7.02. The molecular formula is C37H47ClN4O3. The SMILES string of the molecule is CCCC(=O)N1CCCN(Cc2ccccc2)CCN(C(=O)c2ccc(OCC)c(CN3CCCC3)c2)Cc2ccc(Cl)cc21. The number of carbonyl (C=O) groups excluding carboxylic acids is 2. The molecule has 8 heteroatoms. The standard InChI is InChI=1S/C37H47ClN4O3/c1-3-11-36(43)42-21-10-20-40(26-29-12-6-5-7-13-29)22-23-41(28-31-14-16-33(38)25-34(31)42)37(44)30-15-17-35(45-4-2)32(24-30)27-39-18-8-9-19-39/h5-7,12-17,24-25H,3-4,8-11,18-23,26-28H2,1-2H3. The number of nitrogens with zero attached hydrogens (tertiary/aromatic N) is 4. The van der Waals surface area contributed by atoms with Gasteiger partial charge in [0, 0.05) is 68.4 Å². The van der Waals surface area contributed by atoms with E-state index >= 15 is 0 Å². The zero-order valence-corrected chi connectivity index (χ0v) is 27.6. The normalized spacial score (nSPS) is 16.7. The number of hydrogen-bond acceptors (Lipinski definition) is 5. The molecule has 240 valence electrons. The van der Waals surface area contributed by atoms with Gasteiger partial charge in [-0.15, -0.1) is 0 Å². The number of halogens is 1. The maximum absolute atomic E-state index is 14.4. The minimum Gasteiger partial charge on any atom is -0.494 e. The van der Waals surface area contributed by atoms with Gasteiger partial charge in [-0.2, -0.15) is 0 Å². The molecule has 5 rings (SSSR count). The van der Waals surface area contributed by atoms with Crippen LogP contribution in [-0.2, 0) is 24.4 Å². The molecule has 0 bridgehead atoms. The van der Waals surface area contributed by atoms with E-state index in [9.17, 15) is 9.59 Å². The molecule has 2 aliphatic heterocycles. The van der Waals surface area contributed by atoms with Gasteiger partial charge in [0.25, 0.3) is 5.91 Å². The third-order valence-electron chi connectivity index (χ3n) is 8.74.